The number of morpholine rings is 1. The molecule has 0 saturated carbocycles. The molecule has 1 unspecified atom stereocenters. The summed E-state index contributed by atoms with van der Waals surface area (Å²) in [5, 5.41) is 6.73. The van der Waals surface area contributed by atoms with Gasteiger partial charge in [-0.05, 0) is 36.6 Å². The van der Waals surface area contributed by atoms with Gasteiger partial charge in [0.1, 0.15) is 6.04 Å². The fraction of sp³-hybridized carbons (Fsp3) is 0.412. The van der Waals surface area contributed by atoms with Crippen molar-refractivity contribution >= 4 is 17.5 Å². The van der Waals surface area contributed by atoms with Crippen LogP contribution in [0.2, 0.25) is 0 Å². The number of aryl methyl sites for hydroxylation is 1. The Kier molecular flexibility index (Phi) is 4.19. The molecule has 4 rings (SSSR count). The number of hydrogen-bond acceptors (Lipinski definition) is 6. The lowest BCUT2D eigenvalue weighted by atomic mass is 10.0. The van der Waals surface area contributed by atoms with Crippen molar-refractivity contribution in [3.63, 3.8) is 0 Å². The standard InChI is InChI=1S/C17H18N4O4/c22-15-3-1-2-11-8-12(4-5-13(11)19-15)17(23)21-6-7-24-9-14(21)16-18-10-25-20-16/h4-5,8,10,14H,1-3,6-7,9H2,(H,19,22). The average molecular weight is 342 g/mol. The third-order valence-corrected chi connectivity index (χ3v) is 4.54. The first-order valence-electron chi connectivity index (χ1n) is 8.30. The summed E-state index contributed by atoms with van der Waals surface area (Å²) in [7, 11) is 0. The Morgan fingerprint density at radius 2 is 2.24 bits per heavy atom. The summed E-state index contributed by atoms with van der Waals surface area (Å²) in [6.45, 7) is 1.28. The van der Waals surface area contributed by atoms with Crippen LogP contribution >= 0.6 is 0 Å². The van der Waals surface area contributed by atoms with Crippen LogP contribution in [0.15, 0.2) is 29.1 Å². The molecule has 8 nitrogen and oxygen atoms in total. The number of carbonyl (C=O) groups is 2. The second-order valence-corrected chi connectivity index (χ2v) is 6.15. The lowest BCUT2D eigenvalue weighted by Gasteiger charge is -2.33. The number of anilines is 1. The Morgan fingerprint density at radius 1 is 1.32 bits per heavy atom. The van der Waals surface area contributed by atoms with Gasteiger partial charge < -0.3 is 19.5 Å². The predicted molar refractivity (Wildman–Crippen MR) is 86.9 cm³/mol. The van der Waals surface area contributed by atoms with E-state index < -0.39 is 0 Å². The first-order chi connectivity index (χ1) is 12.2. The van der Waals surface area contributed by atoms with Crippen LogP contribution in [0.25, 0.3) is 0 Å². The Labute approximate surface area is 144 Å². The molecule has 3 heterocycles. The molecule has 25 heavy (non-hydrogen) atoms. The summed E-state index contributed by atoms with van der Waals surface area (Å²) < 4.78 is 10.3. The van der Waals surface area contributed by atoms with Crippen LogP contribution in [-0.2, 0) is 16.0 Å². The summed E-state index contributed by atoms with van der Waals surface area (Å²) in [4.78, 5) is 30.5. The Bertz CT molecular complexity index is 790. The molecule has 0 spiro atoms. The van der Waals surface area contributed by atoms with Gasteiger partial charge in [0.05, 0.1) is 13.2 Å². The van der Waals surface area contributed by atoms with Gasteiger partial charge in [-0.15, -0.1) is 0 Å². The topological polar surface area (TPSA) is 97.6 Å². The molecule has 0 aliphatic carbocycles. The van der Waals surface area contributed by atoms with Crippen molar-refractivity contribution in [3.8, 4) is 0 Å². The quantitative estimate of drug-likeness (QED) is 0.889. The molecule has 130 valence electrons. The smallest absolute Gasteiger partial charge is 0.254 e. The minimum absolute atomic E-state index is 0.0168. The number of carbonyl (C=O) groups excluding carboxylic acids is 2. The van der Waals surface area contributed by atoms with E-state index in [9.17, 15) is 9.59 Å². The first kappa shape index (κ1) is 15.8. The lowest BCUT2D eigenvalue weighted by molar-refractivity contribution is -0.116. The summed E-state index contributed by atoms with van der Waals surface area (Å²) >= 11 is 0. The molecule has 2 aliphatic heterocycles. The number of benzene rings is 1. The van der Waals surface area contributed by atoms with E-state index in [1.807, 2.05) is 6.07 Å². The monoisotopic (exact) mass is 342 g/mol. The van der Waals surface area contributed by atoms with Crippen LogP contribution in [-0.4, -0.2) is 46.6 Å². The lowest BCUT2D eigenvalue weighted by Crippen LogP contribution is -2.43. The van der Waals surface area contributed by atoms with Crippen LogP contribution in [0, 0.1) is 0 Å². The zero-order valence-electron chi connectivity index (χ0n) is 13.6. The molecular formula is C17H18N4O4. The van der Waals surface area contributed by atoms with Crippen LogP contribution in [0.1, 0.15) is 40.6 Å². The highest BCUT2D eigenvalue weighted by Gasteiger charge is 2.32. The molecule has 2 aromatic rings. The second-order valence-electron chi connectivity index (χ2n) is 6.15. The van der Waals surface area contributed by atoms with Crippen molar-refractivity contribution in [2.45, 2.75) is 25.3 Å². The summed E-state index contributed by atoms with van der Waals surface area (Å²) in [6.07, 6.45) is 3.30. The number of hydrogen-bond donors (Lipinski definition) is 1. The van der Waals surface area contributed by atoms with Crippen molar-refractivity contribution < 1.29 is 18.8 Å². The van der Waals surface area contributed by atoms with Crippen LogP contribution in [0.3, 0.4) is 0 Å². The number of ether oxygens (including phenoxy) is 1. The minimum Gasteiger partial charge on any atom is -0.377 e. The van der Waals surface area contributed by atoms with E-state index in [0.29, 0.717) is 37.6 Å². The van der Waals surface area contributed by atoms with Gasteiger partial charge in [0.15, 0.2) is 5.82 Å². The van der Waals surface area contributed by atoms with Gasteiger partial charge in [0.2, 0.25) is 12.3 Å². The number of fused-ring (bicyclic) bond motifs is 1. The molecule has 1 aromatic heterocycles. The second kappa shape index (κ2) is 6.64. The van der Waals surface area contributed by atoms with Crippen LogP contribution in [0.4, 0.5) is 5.69 Å². The van der Waals surface area contributed by atoms with E-state index in [0.717, 1.165) is 24.1 Å². The third kappa shape index (κ3) is 3.12. The Balaban J connectivity index is 1.61. The fourth-order valence-corrected chi connectivity index (χ4v) is 3.26. The Morgan fingerprint density at radius 3 is 3.08 bits per heavy atom. The molecule has 0 bridgehead atoms. The zero-order valence-corrected chi connectivity index (χ0v) is 13.6. The molecule has 2 amide bonds. The summed E-state index contributed by atoms with van der Waals surface area (Å²) in [6, 6.07) is 5.05. The van der Waals surface area contributed by atoms with Crippen molar-refractivity contribution in [3.05, 3.63) is 41.5 Å². The number of nitrogens with zero attached hydrogens (tertiary/aromatic N) is 3. The maximum Gasteiger partial charge on any atom is 0.254 e. The molecule has 8 heteroatoms. The van der Waals surface area contributed by atoms with E-state index in [4.69, 9.17) is 9.26 Å². The number of nitrogens with one attached hydrogen (secondary N) is 1. The SMILES string of the molecule is O=C1CCCc2cc(C(=O)N3CCOCC3c3ncon3)ccc2N1. The highest BCUT2D eigenvalue weighted by molar-refractivity contribution is 5.97. The largest absolute Gasteiger partial charge is 0.377 e. The molecular weight excluding hydrogens is 324 g/mol. The van der Waals surface area contributed by atoms with Gasteiger partial charge in [-0.25, -0.2) is 0 Å². The molecule has 2 aliphatic rings. The van der Waals surface area contributed by atoms with Gasteiger partial charge in [-0.3, -0.25) is 9.59 Å². The van der Waals surface area contributed by atoms with Crippen molar-refractivity contribution in [1.29, 1.82) is 0 Å². The zero-order chi connectivity index (χ0) is 17.2. The minimum atomic E-state index is -0.362. The van der Waals surface area contributed by atoms with Gasteiger partial charge in [0, 0.05) is 24.2 Å². The number of aromatic nitrogens is 2. The van der Waals surface area contributed by atoms with Crippen molar-refractivity contribution in [1.82, 2.24) is 15.0 Å². The van der Waals surface area contributed by atoms with E-state index in [2.05, 4.69) is 15.5 Å². The molecule has 1 fully saturated rings. The van der Waals surface area contributed by atoms with E-state index in [1.165, 1.54) is 6.39 Å². The number of rotatable bonds is 2. The first-order valence-corrected chi connectivity index (χ1v) is 8.30. The van der Waals surface area contributed by atoms with Gasteiger partial charge >= 0.3 is 0 Å². The van der Waals surface area contributed by atoms with E-state index in [-0.39, 0.29) is 17.9 Å². The Hall–Kier alpha value is -2.74. The maximum absolute atomic E-state index is 13.0. The summed E-state index contributed by atoms with van der Waals surface area (Å²) in [5.41, 5.74) is 2.36. The molecule has 1 atom stereocenters. The number of amides is 2. The third-order valence-electron chi connectivity index (χ3n) is 4.54. The van der Waals surface area contributed by atoms with Gasteiger partial charge in [0.25, 0.3) is 5.91 Å². The average Bonchev–Trinajstić information content (AvgIpc) is 3.10. The van der Waals surface area contributed by atoms with Gasteiger partial charge in [-0.1, -0.05) is 5.16 Å². The van der Waals surface area contributed by atoms with E-state index in [1.54, 1.807) is 17.0 Å². The van der Waals surface area contributed by atoms with Gasteiger partial charge in [-0.2, -0.15) is 4.98 Å². The summed E-state index contributed by atoms with van der Waals surface area (Å²) in [5.74, 6) is 0.356. The maximum atomic E-state index is 13.0. The van der Waals surface area contributed by atoms with Crippen LogP contribution < -0.4 is 5.32 Å². The van der Waals surface area contributed by atoms with E-state index >= 15 is 0 Å². The molecule has 0 radical (unpaired) electrons. The predicted octanol–water partition coefficient (Wildman–Crippen LogP) is 1.56. The highest BCUT2D eigenvalue weighted by Crippen LogP contribution is 2.27. The molecule has 1 N–H and O–H groups in total. The highest BCUT2D eigenvalue weighted by atomic mass is 16.5. The molecule has 1 aromatic carbocycles. The van der Waals surface area contributed by atoms with Crippen molar-refractivity contribution in [2.75, 3.05) is 25.1 Å². The fourth-order valence-electron chi connectivity index (χ4n) is 3.26. The normalized spacial score (nSPS) is 20.6. The van der Waals surface area contributed by atoms with Crippen molar-refractivity contribution in [2.24, 2.45) is 0 Å². The molecule has 1 saturated heterocycles. The van der Waals surface area contributed by atoms with Crippen LogP contribution in [0.5, 0.6) is 0 Å².